The minimum Gasteiger partial charge on any atom is -0.478 e. The second-order valence-corrected chi connectivity index (χ2v) is 7.39. The summed E-state index contributed by atoms with van der Waals surface area (Å²) in [5.41, 5.74) is 0.550. The molecule has 0 N–H and O–H groups in total. The van der Waals surface area contributed by atoms with Crippen molar-refractivity contribution in [1.29, 1.82) is 0 Å². The number of rotatable bonds is 5. The van der Waals surface area contributed by atoms with Crippen molar-refractivity contribution in [3.63, 3.8) is 0 Å². The molecule has 6 nitrogen and oxygen atoms in total. The van der Waals surface area contributed by atoms with Gasteiger partial charge in [0.1, 0.15) is 5.76 Å². The van der Waals surface area contributed by atoms with Gasteiger partial charge in [-0.05, 0) is 50.7 Å². The van der Waals surface area contributed by atoms with Gasteiger partial charge in [-0.25, -0.2) is 4.98 Å². The average Bonchev–Trinajstić information content (AvgIpc) is 3.29. The SMILES string of the molecule is Cc1occc1C(=O)N1CCC2(CC1)OCCC2CCOc1ccccn1. The van der Waals surface area contributed by atoms with Gasteiger partial charge < -0.3 is 18.8 Å². The van der Waals surface area contributed by atoms with E-state index in [2.05, 4.69) is 4.98 Å². The van der Waals surface area contributed by atoms with Gasteiger partial charge in [-0.1, -0.05) is 6.07 Å². The number of nitrogens with zero attached hydrogens (tertiary/aromatic N) is 2. The molecule has 4 rings (SSSR count). The fraction of sp³-hybridized carbons (Fsp3) is 0.524. The number of aromatic nitrogens is 1. The fourth-order valence-electron chi connectivity index (χ4n) is 4.35. The monoisotopic (exact) mass is 370 g/mol. The highest BCUT2D eigenvalue weighted by Crippen LogP contribution is 2.42. The van der Waals surface area contributed by atoms with Crippen LogP contribution in [0, 0.1) is 12.8 Å². The van der Waals surface area contributed by atoms with Crippen molar-refractivity contribution in [3.05, 3.63) is 48.0 Å². The first-order chi connectivity index (χ1) is 13.2. The molecule has 0 bridgehead atoms. The van der Waals surface area contributed by atoms with E-state index < -0.39 is 0 Å². The predicted octanol–water partition coefficient (Wildman–Crippen LogP) is 3.46. The molecule has 0 aromatic carbocycles. The minimum absolute atomic E-state index is 0.0594. The van der Waals surface area contributed by atoms with Gasteiger partial charge in [-0.3, -0.25) is 4.79 Å². The van der Waals surface area contributed by atoms with Crippen LogP contribution >= 0.6 is 0 Å². The standard InChI is InChI=1S/C21H26N2O4/c1-16-18(7-14-25-16)20(24)23-11-8-21(9-12-23)17(6-15-27-21)5-13-26-19-4-2-3-10-22-19/h2-4,7,10,14,17H,5-6,8-9,11-13,15H2,1H3. The van der Waals surface area contributed by atoms with Crippen molar-refractivity contribution >= 4 is 5.91 Å². The normalized spacial score (nSPS) is 21.5. The Morgan fingerprint density at radius 3 is 2.89 bits per heavy atom. The summed E-state index contributed by atoms with van der Waals surface area (Å²) in [6.07, 6.45) is 7.08. The second-order valence-electron chi connectivity index (χ2n) is 7.39. The number of carbonyl (C=O) groups is 1. The lowest BCUT2D eigenvalue weighted by Crippen LogP contribution is -2.49. The molecular formula is C21H26N2O4. The number of piperidine rings is 1. The summed E-state index contributed by atoms with van der Waals surface area (Å²) in [7, 11) is 0. The van der Waals surface area contributed by atoms with Crippen LogP contribution in [-0.4, -0.2) is 47.7 Å². The van der Waals surface area contributed by atoms with E-state index in [4.69, 9.17) is 13.9 Å². The van der Waals surface area contributed by atoms with Crippen molar-refractivity contribution in [2.45, 2.75) is 38.2 Å². The predicted molar refractivity (Wildman–Crippen MR) is 99.7 cm³/mol. The Morgan fingerprint density at radius 1 is 1.33 bits per heavy atom. The van der Waals surface area contributed by atoms with Crippen molar-refractivity contribution in [2.24, 2.45) is 5.92 Å². The van der Waals surface area contributed by atoms with E-state index in [0.29, 0.717) is 29.7 Å². The van der Waals surface area contributed by atoms with E-state index in [1.54, 1.807) is 18.5 Å². The zero-order valence-electron chi connectivity index (χ0n) is 15.7. The zero-order chi connectivity index (χ0) is 18.7. The third kappa shape index (κ3) is 3.72. The van der Waals surface area contributed by atoms with Crippen LogP contribution in [0.2, 0.25) is 0 Å². The molecule has 0 aliphatic carbocycles. The molecule has 0 radical (unpaired) electrons. The summed E-state index contributed by atoms with van der Waals surface area (Å²) >= 11 is 0. The van der Waals surface area contributed by atoms with E-state index in [9.17, 15) is 4.79 Å². The Hall–Kier alpha value is -2.34. The van der Waals surface area contributed by atoms with Crippen LogP contribution in [0.1, 0.15) is 41.8 Å². The number of hydrogen-bond acceptors (Lipinski definition) is 5. The van der Waals surface area contributed by atoms with E-state index in [1.165, 1.54) is 0 Å². The van der Waals surface area contributed by atoms with E-state index >= 15 is 0 Å². The Morgan fingerprint density at radius 2 is 2.19 bits per heavy atom. The van der Waals surface area contributed by atoms with E-state index in [-0.39, 0.29) is 11.5 Å². The van der Waals surface area contributed by atoms with Gasteiger partial charge in [0.05, 0.1) is 24.0 Å². The number of ether oxygens (including phenoxy) is 2. The lowest BCUT2D eigenvalue weighted by atomic mass is 9.78. The van der Waals surface area contributed by atoms with Crippen LogP contribution in [-0.2, 0) is 4.74 Å². The lowest BCUT2D eigenvalue weighted by molar-refractivity contribution is -0.0649. The lowest BCUT2D eigenvalue weighted by Gasteiger charge is -2.42. The quantitative estimate of drug-likeness (QED) is 0.806. The summed E-state index contributed by atoms with van der Waals surface area (Å²) in [6.45, 7) is 4.71. The third-order valence-corrected chi connectivity index (χ3v) is 5.94. The summed E-state index contributed by atoms with van der Waals surface area (Å²) in [4.78, 5) is 18.8. The smallest absolute Gasteiger partial charge is 0.257 e. The minimum atomic E-state index is -0.115. The van der Waals surface area contributed by atoms with Crippen LogP contribution in [0.4, 0.5) is 0 Å². The van der Waals surface area contributed by atoms with Gasteiger partial charge in [0, 0.05) is 32.0 Å². The first-order valence-electron chi connectivity index (χ1n) is 9.69. The first kappa shape index (κ1) is 18.0. The second kappa shape index (κ2) is 7.72. The summed E-state index contributed by atoms with van der Waals surface area (Å²) < 4.78 is 17.3. The van der Waals surface area contributed by atoms with Crippen LogP contribution in [0.5, 0.6) is 5.88 Å². The van der Waals surface area contributed by atoms with Crippen LogP contribution in [0.25, 0.3) is 0 Å². The third-order valence-electron chi connectivity index (χ3n) is 5.94. The number of furan rings is 1. The maximum absolute atomic E-state index is 12.7. The molecule has 1 unspecified atom stereocenters. The molecule has 0 saturated carbocycles. The van der Waals surface area contributed by atoms with Crippen LogP contribution in [0.3, 0.4) is 0 Å². The molecule has 2 fully saturated rings. The molecule has 1 amide bonds. The molecule has 2 aromatic rings. The molecule has 2 aromatic heterocycles. The Kier molecular flexibility index (Phi) is 5.16. The molecule has 6 heteroatoms. The van der Waals surface area contributed by atoms with Gasteiger partial charge >= 0.3 is 0 Å². The maximum atomic E-state index is 12.7. The van der Waals surface area contributed by atoms with Gasteiger partial charge in [0.2, 0.25) is 5.88 Å². The number of amides is 1. The number of hydrogen-bond donors (Lipinski definition) is 0. The Balaban J connectivity index is 1.32. The molecular weight excluding hydrogens is 344 g/mol. The molecule has 144 valence electrons. The van der Waals surface area contributed by atoms with Gasteiger partial charge in [0.15, 0.2) is 0 Å². The highest BCUT2D eigenvalue weighted by atomic mass is 16.5. The maximum Gasteiger partial charge on any atom is 0.257 e. The average molecular weight is 370 g/mol. The van der Waals surface area contributed by atoms with Crippen molar-refractivity contribution in [2.75, 3.05) is 26.3 Å². The Labute approximate surface area is 159 Å². The molecule has 27 heavy (non-hydrogen) atoms. The van der Waals surface area contributed by atoms with Gasteiger partial charge in [-0.15, -0.1) is 0 Å². The number of pyridine rings is 1. The topological polar surface area (TPSA) is 64.8 Å². The van der Waals surface area contributed by atoms with Crippen molar-refractivity contribution in [1.82, 2.24) is 9.88 Å². The molecule has 1 spiro atoms. The summed E-state index contributed by atoms with van der Waals surface area (Å²) in [6, 6.07) is 7.44. The Bertz CT molecular complexity index is 765. The molecule has 1 atom stereocenters. The molecule has 4 heterocycles. The summed E-state index contributed by atoms with van der Waals surface area (Å²) in [5, 5.41) is 0. The van der Waals surface area contributed by atoms with Crippen LogP contribution in [0.15, 0.2) is 41.1 Å². The van der Waals surface area contributed by atoms with Gasteiger partial charge in [-0.2, -0.15) is 0 Å². The zero-order valence-corrected chi connectivity index (χ0v) is 15.7. The van der Waals surface area contributed by atoms with Crippen molar-refractivity contribution in [3.8, 4) is 5.88 Å². The first-order valence-corrected chi connectivity index (χ1v) is 9.69. The van der Waals surface area contributed by atoms with Crippen LogP contribution < -0.4 is 4.74 Å². The fourth-order valence-corrected chi connectivity index (χ4v) is 4.35. The molecule has 2 aliphatic rings. The number of aryl methyl sites for hydroxylation is 1. The number of carbonyl (C=O) groups excluding carboxylic acids is 1. The van der Waals surface area contributed by atoms with E-state index in [1.807, 2.05) is 30.0 Å². The summed E-state index contributed by atoms with van der Waals surface area (Å²) in [5.74, 6) is 1.88. The van der Waals surface area contributed by atoms with Gasteiger partial charge in [0.25, 0.3) is 5.91 Å². The number of likely N-dealkylation sites (tertiary alicyclic amines) is 1. The largest absolute Gasteiger partial charge is 0.478 e. The molecule has 2 saturated heterocycles. The highest BCUT2D eigenvalue weighted by Gasteiger charge is 2.46. The molecule has 2 aliphatic heterocycles. The van der Waals surface area contributed by atoms with Crippen molar-refractivity contribution < 1.29 is 18.7 Å². The highest BCUT2D eigenvalue weighted by molar-refractivity contribution is 5.95. The van der Waals surface area contributed by atoms with E-state index in [0.717, 1.165) is 45.4 Å².